The van der Waals surface area contributed by atoms with E-state index in [1.807, 2.05) is 13.0 Å². The zero-order valence-corrected chi connectivity index (χ0v) is 11.7. The Morgan fingerprint density at radius 1 is 1.44 bits per heavy atom. The number of nitrogens with zero attached hydrogens (tertiary/aromatic N) is 1. The Balaban J connectivity index is 1.99. The minimum absolute atomic E-state index is 0.262. The minimum Gasteiger partial charge on any atom is -0.463 e. The van der Waals surface area contributed by atoms with E-state index in [9.17, 15) is 4.79 Å². The number of rotatable bonds is 8. The highest BCUT2D eigenvalue weighted by Crippen LogP contribution is 2.21. The Bertz CT molecular complexity index is 261. The van der Waals surface area contributed by atoms with Crippen LogP contribution in [-0.4, -0.2) is 50.2 Å². The summed E-state index contributed by atoms with van der Waals surface area (Å²) in [6.45, 7) is 4.99. The Morgan fingerprint density at radius 3 is 2.83 bits per heavy atom. The summed E-state index contributed by atoms with van der Waals surface area (Å²) in [5, 5.41) is 3.30. The van der Waals surface area contributed by atoms with Crippen LogP contribution in [0.1, 0.15) is 32.6 Å². The lowest BCUT2D eigenvalue weighted by Crippen LogP contribution is -2.35. The molecule has 1 saturated carbocycles. The van der Waals surface area contributed by atoms with Gasteiger partial charge < -0.3 is 15.0 Å². The number of hydrogen-bond donors (Lipinski definition) is 1. The third-order valence-corrected chi connectivity index (χ3v) is 3.39. The molecule has 0 unspecified atom stereocenters. The van der Waals surface area contributed by atoms with Gasteiger partial charge in [0.1, 0.15) is 0 Å². The van der Waals surface area contributed by atoms with Crippen LogP contribution >= 0.6 is 0 Å². The van der Waals surface area contributed by atoms with Crippen molar-refractivity contribution in [3.63, 3.8) is 0 Å². The van der Waals surface area contributed by atoms with Crippen LogP contribution in [0.25, 0.3) is 0 Å². The SMILES string of the molecule is CCOC(=O)/C=C/CNCCN(C)C1CCCC1. The average Bonchev–Trinajstić information content (AvgIpc) is 2.87. The van der Waals surface area contributed by atoms with E-state index in [0.29, 0.717) is 6.61 Å². The first kappa shape index (κ1) is 15.2. The summed E-state index contributed by atoms with van der Waals surface area (Å²) in [4.78, 5) is 13.5. The molecule has 0 radical (unpaired) electrons. The molecule has 0 spiro atoms. The minimum atomic E-state index is -0.262. The first-order chi connectivity index (χ1) is 8.74. The van der Waals surface area contributed by atoms with Crippen molar-refractivity contribution in [2.24, 2.45) is 0 Å². The van der Waals surface area contributed by atoms with Gasteiger partial charge in [0.15, 0.2) is 0 Å². The molecular formula is C14H26N2O2. The van der Waals surface area contributed by atoms with Crippen LogP contribution in [0, 0.1) is 0 Å². The maximum Gasteiger partial charge on any atom is 0.330 e. The number of carbonyl (C=O) groups is 1. The predicted molar refractivity (Wildman–Crippen MR) is 73.5 cm³/mol. The van der Waals surface area contributed by atoms with Crippen molar-refractivity contribution in [3.8, 4) is 0 Å². The van der Waals surface area contributed by atoms with Crippen molar-refractivity contribution < 1.29 is 9.53 Å². The monoisotopic (exact) mass is 254 g/mol. The lowest BCUT2D eigenvalue weighted by Gasteiger charge is -2.23. The van der Waals surface area contributed by atoms with Crippen molar-refractivity contribution >= 4 is 5.97 Å². The highest BCUT2D eigenvalue weighted by Gasteiger charge is 2.18. The molecule has 0 amide bonds. The van der Waals surface area contributed by atoms with Gasteiger partial charge in [-0.15, -0.1) is 0 Å². The van der Waals surface area contributed by atoms with E-state index in [1.165, 1.54) is 31.8 Å². The van der Waals surface area contributed by atoms with Gasteiger partial charge in [-0.05, 0) is 26.8 Å². The first-order valence-corrected chi connectivity index (χ1v) is 6.98. The van der Waals surface area contributed by atoms with Crippen molar-refractivity contribution in [2.45, 2.75) is 38.6 Å². The molecule has 1 aliphatic carbocycles. The van der Waals surface area contributed by atoms with Crippen LogP contribution in [0.4, 0.5) is 0 Å². The van der Waals surface area contributed by atoms with Crippen molar-refractivity contribution in [2.75, 3.05) is 33.3 Å². The molecule has 0 aromatic carbocycles. The van der Waals surface area contributed by atoms with E-state index in [-0.39, 0.29) is 5.97 Å². The Labute approximate surface area is 110 Å². The van der Waals surface area contributed by atoms with Gasteiger partial charge >= 0.3 is 5.97 Å². The Hall–Kier alpha value is -0.870. The highest BCUT2D eigenvalue weighted by molar-refractivity contribution is 5.81. The molecule has 0 aliphatic heterocycles. The van der Waals surface area contributed by atoms with Crippen molar-refractivity contribution in [3.05, 3.63) is 12.2 Å². The summed E-state index contributed by atoms with van der Waals surface area (Å²) in [5.74, 6) is -0.262. The second kappa shape index (κ2) is 9.11. The van der Waals surface area contributed by atoms with E-state index in [1.54, 1.807) is 0 Å². The van der Waals surface area contributed by atoms with Gasteiger partial charge in [-0.3, -0.25) is 0 Å². The van der Waals surface area contributed by atoms with Gasteiger partial charge in [0.2, 0.25) is 0 Å². The summed E-state index contributed by atoms with van der Waals surface area (Å²) in [5.41, 5.74) is 0. The number of likely N-dealkylation sites (N-methyl/N-ethyl adjacent to an activating group) is 1. The number of ether oxygens (including phenoxy) is 1. The fourth-order valence-corrected chi connectivity index (χ4v) is 2.31. The van der Waals surface area contributed by atoms with Gasteiger partial charge in [-0.25, -0.2) is 4.79 Å². The van der Waals surface area contributed by atoms with Gasteiger partial charge in [-0.2, -0.15) is 0 Å². The number of nitrogens with one attached hydrogen (secondary N) is 1. The normalized spacial score (nSPS) is 16.8. The number of esters is 1. The largest absolute Gasteiger partial charge is 0.463 e. The average molecular weight is 254 g/mol. The number of hydrogen-bond acceptors (Lipinski definition) is 4. The Morgan fingerprint density at radius 2 is 2.17 bits per heavy atom. The smallest absolute Gasteiger partial charge is 0.330 e. The van der Waals surface area contributed by atoms with E-state index in [0.717, 1.165) is 25.7 Å². The lowest BCUT2D eigenvalue weighted by atomic mass is 10.2. The van der Waals surface area contributed by atoms with E-state index in [2.05, 4.69) is 17.3 Å². The first-order valence-electron chi connectivity index (χ1n) is 6.98. The van der Waals surface area contributed by atoms with E-state index < -0.39 is 0 Å². The second-order valence-electron chi connectivity index (χ2n) is 4.78. The molecule has 4 nitrogen and oxygen atoms in total. The van der Waals surface area contributed by atoms with Crippen molar-refractivity contribution in [1.29, 1.82) is 0 Å². The van der Waals surface area contributed by atoms with Gasteiger partial charge in [0.25, 0.3) is 0 Å². The van der Waals surface area contributed by atoms with Crippen LogP contribution in [0.3, 0.4) is 0 Å². The molecule has 18 heavy (non-hydrogen) atoms. The summed E-state index contributed by atoms with van der Waals surface area (Å²) >= 11 is 0. The molecular weight excluding hydrogens is 228 g/mol. The molecule has 0 aromatic rings. The number of carbonyl (C=O) groups excluding carboxylic acids is 1. The standard InChI is InChI=1S/C14H26N2O2/c1-3-18-14(17)9-6-10-15-11-12-16(2)13-7-4-5-8-13/h6,9,13,15H,3-5,7-8,10-12H2,1-2H3/b9-6+. The molecule has 0 heterocycles. The van der Waals surface area contributed by atoms with E-state index in [4.69, 9.17) is 4.74 Å². The van der Waals surface area contributed by atoms with Crippen LogP contribution in [0.2, 0.25) is 0 Å². The lowest BCUT2D eigenvalue weighted by molar-refractivity contribution is -0.137. The quantitative estimate of drug-likeness (QED) is 0.405. The molecule has 0 atom stereocenters. The fourth-order valence-electron chi connectivity index (χ4n) is 2.31. The fraction of sp³-hybridized carbons (Fsp3) is 0.786. The summed E-state index contributed by atoms with van der Waals surface area (Å²) < 4.78 is 4.79. The van der Waals surface area contributed by atoms with Gasteiger partial charge in [0, 0.05) is 31.8 Å². The second-order valence-corrected chi connectivity index (χ2v) is 4.78. The highest BCUT2D eigenvalue weighted by atomic mass is 16.5. The summed E-state index contributed by atoms with van der Waals surface area (Å²) in [6, 6.07) is 0.780. The molecule has 104 valence electrons. The molecule has 0 bridgehead atoms. The molecule has 4 heteroatoms. The van der Waals surface area contributed by atoms with Crippen molar-refractivity contribution in [1.82, 2.24) is 10.2 Å². The van der Waals surface area contributed by atoms with E-state index >= 15 is 0 Å². The van der Waals surface area contributed by atoms with Crippen LogP contribution in [-0.2, 0) is 9.53 Å². The summed E-state index contributed by atoms with van der Waals surface area (Å²) in [7, 11) is 2.20. The zero-order chi connectivity index (χ0) is 13.2. The molecule has 1 rings (SSSR count). The Kier molecular flexibility index (Phi) is 7.69. The van der Waals surface area contributed by atoms with Crippen LogP contribution < -0.4 is 5.32 Å². The zero-order valence-electron chi connectivity index (χ0n) is 11.7. The third-order valence-electron chi connectivity index (χ3n) is 3.39. The van der Waals surface area contributed by atoms with Gasteiger partial charge in [-0.1, -0.05) is 18.9 Å². The third kappa shape index (κ3) is 6.17. The molecule has 1 aliphatic rings. The molecule has 1 N–H and O–H groups in total. The molecule has 0 aromatic heterocycles. The topological polar surface area (TPSA) is 41.6 Å². The van der Waals surface area contributed by atoms with Crippen LogP contribution in [0.15, 0.2) is 12.2 Å². The molecule has 1 fully saturated rings. The predicted octanol–water partition coefficient (Wildman–Crippen LogP) is 1.57. The van der Waals surface area contributed by atoms with Gasteiger partial charge in [0.05, 0.1) is 6.61 Å². The maximum absolute atomic E-state index is 11.0. The maximum atomic E-state index is 11.0. The van der Waals surface area contributed by atoms with Crippen LogP contribution in [0.5, 0.6) is 0 Å². The molecule has 0 saturated heterocycles. The summed E-state index contributed by atoms with van der Waals surface area (Å²) in [6.07, 6.45) is 8.75.